The monoisotopic (exact) mass is 275 g/mol. The van der Waals surface area contributed by atoms with Crippen molar-refractivity contribution in [3.8, 4) is 0 Å². The number of nitrogens with one attached hydrogen (secondary N) is 1. The van der Waals surface area contributed by atoms with Crippen LogP contribution < -0.4 is 5.32 Å². The Balaban J connectivity index is 1.80. The van der Waals surface area contributed by atoms with E-state index in [1.807, 2.05) is 13.0 Å². The van der Waals surface area contributed by atoms with Crippen LogP contribution in [0.4, 0.5) is 11.4 Å². The van der Waals surface area contributed by atoms with E-state index in [0.717, 1.165) is 22.7 Å². The van der Waals surface area contributed by atoms with Crippen LogP contribution in [0.25, 0.3) is 0 Å². The summed E-state index contributed by atoms with van der Waals surface area (Å²) in [6.07, 6.45) is 2.43. The van der Waals surface area contributed by atoms with Gasteiger partial charge in [0.25, 0.3) is 5.69 Å². The van der Waals surface area contributed by atoms with Gasteiger partial charge in [0.15, 0.2) is 0 Å². The largest absolute Gasteiger partial charge is 0.382 e. The van der Waals surface area contributed by atoms with Crippen molar-refractivity contribution in [3.05, 3.63) is 33.4 Å². The van der Waals surface area contributed by atoms with E-state index in [2.05, 4.69) is 10.2 Å². The van der Waals surface area contributed by atoms with Gasteiger partial charge in [0.1, 0.15) is 0 Å². The number of nitrogens with zero attached hydrogens (tertiary/aromatic N) is 2. The molecule has 1 aromatic rings. The van der Waals surface area contributed by atoms with Gasteiger partial charge in [0.2, 0.25) is 0 Å². The van der Waals surface area contributed by atoms with Gasteiger partial charge >= 0.3 is 0 Å². The average Bonchev–Trinajstić information content (AvgIpc) is 2.79. The summed E-state index contributed by atoms with van der Waals surface area (Å²) in [7, 11) is 0. The number of aryl methyl sites for hydroxylation is 2. The fourth-order valence-electron chi connectivity index (χ4n) is 3.49. The number of hydrogen-bond donors (Lipinski definition) is 1. The quantitative estimate of drug-likeness (QED) is 0.680. The molecule has 0 aromatic heterocycles. The van der Waals surface area contributed by atoms with Crippen molar-refractivity contribution in [1.29, 1.82) is 0 Å². The maximum atomic E-state index is 11.0. The summed E-state index contributed by atoms with van der Waals surface area (Å²) in [6.45, 7) is 7.34. The molecule has 2 aliphatic heterocycles. The molecule has 2 bridgehead atoms. The molecule has 5 nitrogen and oxygen atoms in total. The van der Waals surface area contributed by atoms with Gasteiger partial charge in [-0.1, -0.05) is 0 Å². The Bertz CT molecular complexity index is 544. The van der Waals surface area contributed by atoms with Gasteiger partial charge in [0, 0.05) is 36.4 Å². The van der Waals surface area contributed by atoms with Gasteiger partial charge < -0.3 is 10.2 Å². The van der Waals surface area contributed by atoms with Crippen molar-refractivity contribution in [1.82, 2.24) is 4.90 Å². The van der Waals surface area contributed by atoms with Crippen LogP contribution in [0.5, 0.6) is 0 Å². The van der Waals surface area contributed by atoms with E-state index in [0.29, 0.717) is 6.04 Å². The van der Waals surface area contributed by atoms with Crippen molar-refractivity contribution in [2.45, 2.75) is 32.7 Å². The van der Waals surface area contributed by atoms with E-state index in [4.69, 9.17) is 0 Å². The minimum Gasteiger partial charge on any atom is -0.382 e. The first-order valence-electron chi connectivity index (χ1n) is 7.29. The molecule has 3 atom stereocenters. The Labute approximate surface area is 119 Å². The SMILES string of the molecule is Cc1cc([N+](=O)[O-])c(C)cc1NC1CCN2CCC1C2. The number of rotatable bonds is 3. The number of hydrogen-bond acceptors (Lipinski definition) is 4. The van der Waals surface area contributed by atoms with Crippen LogP contribution in [0.3, 0.4) is 0 Å². The van der Waals surface area contributed by atoms with E-state index < -0.39 is 0 Å². The van der Waals surface area contributed by atoms with Gasteiger partial charge in [-0.25, -0.2) is 0 Å². The van der Waals surface area contributed by atoms with Gasteiger partial charge in [-0.05, 0) is 50.8 Å². The topological polar surface area (TPSA) is 58.4 Å². The highest BCUT2D eigenvalue weighted by Gasteiger charge is 2.34. The Morgan fingerprint density at radius 3 is 2.75 bits per heavy atom. The van der Waals surface area contributed by atoms with Crippen molar-refractivity contribution >= 4 is 11.4 Å². The van der Waals surface area contributed by atoms with Crippen LogP contribution in [-0.4, -0.2) is 35.5 Å². The van der Waals surface area contributed by atoms with Crippen molar-refractivity contribution in [2.75, 3.05) is 25.0 Å². The number of benzene rings is 1. The van der Waals surface area contributed by atoms with Crippen LogP contribution in [0.2, 0.25) is 0 Å². The fraction of sp³-hybridized carbons (Fsp3) is 0.600. The normalized spacial score (nSPS) is 28.4. The molecular weight excluding hydrogens is 254 g/mol. The average molecular weight is 275 g/mol. The maximum Gasteiger partial charge on any atom is 0.272 e. The number of nitro groups is 1. The molecule has 0 aliphatic carbocycles. The number of fused-ring (bicyclic) bond motifs is 2. The lowest BCUT2D eigenvalue weighted by atomic mass is 9.93. The summed E-state index contributed by atoms with van der Waals surface area (Å²) < 4.78 is 0. The highest BCUT2D eigenvalue weighted by Crippen LogP contribution is 2.32. The van der Waals surface area contributed by atoms with Crippen LogP contribution in [-0.2, 0) is 0 Å². The van der Waals surface area contributed by atoms with Crippen molar-refractivity contribution in [3.63, 3.8) is 0 Å². The molecule has 108 valence electrons. The van der Waals surface area contributed by atoms with Gasteiger partial charge in [-0.3, -0.25) is 10.1 Å². The zero-order chi connectivity index (χ0) is 14.3. The van der Waals surface area contributed by atoms with E-state index in [-0.39, 0.29) is 10.6 Å². The molecule has 0 saturated carbocycles. The van der Waals surface area contributed by atoms with Gasteiger partial charge in [0.05, 0.1) is 4.92 Å². The minimum atomic E-state index is -0.304. The third kappa shape index (κ3) is 2.38. The molecule has 2 fully saturated rings. The first-order valence-corrected chi connectivity index (χ1v) is 7.29. The van der Waals surface area contributed by atoms with Crippen LogP contribution in [0.1, 0.15) is 24.0 Å². The summed E-state index contributed by atoms with van der Waals surface area (Å²) in [6, 6.07) is 4.12. The molecule has 0 radical (unpaired) electrons. The molecule has 3 unspecified atom stereocenters. The highest BCUT2D eigenvalue weighted by atomic mass is 16.6. The smallest absolute Gasteiger partial charge is 0.272 e. The molecule has 5 heteroatoms. The van der Waals surface area contributed by atoms with Crippen LogP contribution in [0.15, 0.2) is 12.1 Å². The Morgan fingerprint density at radius 1 is 1.25 bits per heavy atom. The van der Waals surface area contributed by atoms with Crippen molar-refractivity contribution < 1.29 is 4.92 Å². The Hall–Kier alpha value is -1.62. The zero-order valence-electron chi connectivity index (χ0n) is 12.1. The fourth-order valence-corrected chi connectivity index (χ4v) is 3.49. The third-order valence-electron chi connectivity index (χ3n) is 4.71. The zero-order valence-corrected chi connectivity index (χ0v) is 12.1. The second kappa shape index (κ2) is 5.05. The minimum absolute atomic E-state index is 0.212. The van der Waals surface area contributed by atoms with Crippen LogP contribution in [0, 0.1) is 29.9 Å². The second-order valence-corrected chi connectivity index (χ2v) is 6.10. The molecule has 0 amide bonds. The van der Waals surface area contributed by atoms with Gasteiger partial charge in [-0.15, -0.1) is 0 Å². The first-order chi connectivity index (χ1) is 9.54. The lowest BCUT2D eigenvalue weighted by Crippen LogP contribution is -2.39. The standard InChI is InChI=1S/C15H21N3O2/c1-10-8-15(18(19)20)11(2)7-14(10)16-13-4-6-17-5-3-12(13)9-17/h7-8,12-13,16H,3-6,9H2,1-2H3. The summed E-state index contributed by atoms with van der Waals surface area (Å²) in [5.74, 6) is 0.721. The summed E-state index contributed by atoms with van der Waals surface area (Å²) in [4.78, 5) is 13.2. The molecular formula is C15H21N3O2. The van der Waals surface area contributed by atoms with Crippen molar-refractivity contribution in [2.24, 2.45) is 5.92 Å². The molecule has 2 heterocycles. The predicted molar refractivity (Wildman–Crippen MR) is 79.1 cm³/mol. The molecule has 2 aliphatic rings. The number of anilines is 1. The molecule has 1 N–H and O–H groups in total. The lowest BCUT2D eigenvalue weighted by Gasteiger charge is -2.32. The Kier molecular flexibility index (Phi) is 3.38. The van der Waals surface area contributed by atoms with E-state index in [9.17, 15) is 10.1 Å². The maximum absolute atomic E-state index is 11.0. The predicted octanol–water partition coefficient (Wildman–Crippen LogP) is 2.72. The summed E-state index contributed by atoms with van der Waals surface area (Å²) in [5.41, 5.74) is 2.96. The second-order valence-electron chi connectivity index (χ2n) is 6.10. The Morgan fingerprint density at radius 2 is 2.00 bits per heavy atom. The molecule has 3 rings (SSSR count). The number of piperidine rings is 1. The summed E-state index contributed by atoms with van der Waals surface area (Å²) >= 11 is 0. The van der Waals surface area contributed by atoms with Gasteiger partial charge in [-0.2, -0.15) is 0 Å². The summed E-state index contributed by atoms with van der Waals surface area (Å²) in [5, 5.41) is 14.6. The first kappa shape index (κ1) is 13.4. The third-order valence-corrected chi connectivity index (χ3v) is 4.71. The van der Waals surface area contributed by atoms with Crippen LogP contribution >= 0.6 is 0 Å². The van der Waals surface area contributed by atoms with E-state index in [1.165, 1.54) is 32.5 Å². The molecule has 1 aromatic carbocycles. The number of nitro benzene ring substituents is 1. The molecule has 20 heavy (non-hydrogen) atoms. The molecule has 0 spiro atoms. The lowest BCUT2D eigenvalue weighted by molar-refractivity contribution is -0.385. The van der Waals surface area contributed by atoms with E-state index in [1.54, 1.807) is 13.0 Å². The molecule has 2 saturated heterocycles. The highest BCUT2D eigenvalue weighted by molar-refractivity contribution is 5.59. The van der Waals surface area contributed by atoms with E-state index >= 15 is 0 Å².